The quantitative estimate of drug-likeness (QED) is 0.759. The van der Waals surface area contributed by atoms with Gasteiger partial charge in [-0.1, -0.05) is 6.07 Å². The van der Waals surface area contributed by atoms with Crippen molar-refractivity contribution in [2.75, 3.05) is 10.6 Å². The van der Waals surface area contributed by atoms with Gasteiger partial charge in [-0.3, -0.25) is 4.98 Å². The molecular formula is C15H15ClN4O. The molecule has 0 radical (unpaired) electrons. The maximum absolute atomic E-state index is 11.9. The number of rotatable bonds is 2. The number of nitrogens with one attached hydrogen (secondary N) is 2. The zero-order valence-electron chi connectivity index (χ0n) is 11.4. The Kier molecular flexibility index (Phi) is 4.45. The summed E-state index contributed by atoms with van der Waals surface area (Å²) in [6.07, 6.45) is 5.25. The fourth-order valence-corrected chi connectivity index (χ4v) is 2.07. The Balaban J connectivity index is 0.00000161. The van der Waals surface area contributed by atoms with Gasteiger partial charge in [0.2, 0.25) is 0 Å². The molecule has 1 aromatic carbocycles. The summed E-state index contributed by atoms with van der Waals surface area (Å²) < 4.78 is 2.01. The van der Waals surface area contributed by atoms with Crippen LogP contribution < -0.4 is 10.6 Å². The van der Waals surface area contributed by atoms with Crippen molar-refractivity contribution in [2.24, 2.45) is 7.05 Å². The van der Waals surface area contributed by atoms with Crippen LogP contribution in [0.2, 0.25) is 0 Å². The maximum atomic E-state index is 11.9. The van der Waals surface area contributed by atoms with Gasteiger partial charge in [-0.05, 0) is 35.7 Å². The van der Waals surface area contributed by atoms with E-state index in [0.29, 0.717) is 5.69 Å². The van der Waals surface area contributed by atoms with Crippen LogP contribution in [0.4, 0.5) is 16.2 Å². The zero-order chi connectivity index (χ0) is 13.9. The fraction of sp³-hybridized carbons (Fsp3) is 0.0667. The number of hydrogen-bond donors (Lipinski definition) is 2. The molecule has 2 heterocycles. The van der Waals surface area contributed by atoms with E-state index < -0.39 is 0 Å². The second-order valence-electron chi connectivity index (χ2n) is 4.52. The minimum absolute atomic E-state index is 0. The number of carbonyl (C=O) groups is 1. The van der Waals surface area contributed by atoms with E-state index in [-0.39, 0.29) is 18.4 Å². The number of anilines is 2. The van der Waals surface area contributed by atoms with Crippen molar-refractivity contribution in [1.82, 2.24) is 9.55 Å². The summed E-state index contributed by atoms with van der Waals surface area (Å²) in [5, 5.41) is 6.68. The number of urea groups is 1. The molecule has 0 atom stereocenters. The second-order valence-corrected chi connectivity index (χ2v) is 4.52. The Morgan fingerprint density at radius 1 is 1.14 bits per heavy atom. The van der Waals surface area contributed by atoms with Gasteiger partial charge in [0, 0.05) is 30.6 Å². The summed E-state index contributed by atoms with van der Waals surface area (Å²) in [5.41, 5.74) is 2.48. The normalized spacial score (nSPS) is 9.95. The predicted octanol–water partition coefficient (Wildman–Crippen LogP) is 3.64. The van der Waals surface area contributed by atoms with E-state index in [9.17, 15) is 4.79 Å². The van der Waals surface area contributed by atoms with Gasteiger partial charge in [0.05, 0.1) is 11.9 Å². The molecule has 108 valence electrons. The third-order valence-corrected chi connectivity index (χ3v) is 3.07. The molecule has 0 aliphatic rings. The number of aryl methyl sites for hydroxylation is 1. The topological polar surface area (TPSA) is 59.0 Å². The molecule has 2 amide bonds. The second kappa shape index (κ2) is 6.28. The van der Waals surface area contributed by atoms with E-state index in [0.717, 1.165) is 16.6 Å². The molecule has 0 spiro atoms. The summed E-state index contributed by atoms with van der Waals surface area (Å²) in [6, 6.07) is 11.1. The van der Waals surface area contributed by atoms with Gasteiger partial charge in [-0.2, -0.15) is 0 Å². The molecule has 0 aliphatic carbocycles. The molecule has 21 heavy (non-hydrogen) atoms. The van der Waals surface area contributed by atoms with Crippen LogP contribution in [-0.4, -0.2) is 15.6 Å². The van der Waals surface area contributed by atoms with E-state index in [1.807, 2.05) is 42.1 Å². The first kappa shape index (κ1) is 14.9. The molecule has 6 heteroatoms. The van der Waals surface area contributed by atoms with Gasteiger partial charge in [0.1, 0.15) is 0 Å². The van der Waals surface area contributed by atoms with E-state index >= 15 is 0 Å². The largest absolute Gasteiger partial charge is 0.350 e. The van der Waals surface area contributed by atoms with Crippen LogP contribution >= 0.6 is 12.4 Å². The molecule has 0 bridgehead atoms. The summed E-state index contributed by atoms with van der Waals surface area (Å²) in [6.45, 7) is 0. The Morgan fingerprint density at radius 2 is 1.95 bits per heavy atom. The lowest BCUT2D eigenvalue weighted by Gasteiger charge is -2.08. The average molecular weight is 303 g/mol. The SMILES string of the molecule is Cl.Cn1ccc2ccc(NC(=O)Nc3cccnc3)cc21. The fourth-order valence-electron chi connectivity index (χ4n) is 2.07. The maximum Gasteiger partial charge on any atom is 0.323 e. The molecule has 0 unspecified atom stereocenters. The number of benzene rings is 1. The van der Waals surface area contributed by atoms with Crippen LogP contribution in [0.3, 0.4) is 0 Å². The van der Waals surface area contributed by atoms with E-state index in [2.05, 4.69) is 15.6 Å². The van der Waals surface area contributed by atoms with Crippen molar-refractivity contribution in [3.63, 3.8) is 0 Å². The molecule has 0 fully saturated rings. The van der Waals surface area contributed by atoms with E-state index in [1.165, 1.54) is 0 Å². The number of fused-ring (bicyclic) bond motifs is 1. The van der Waals surface area contributed by atoms with Crippen LogP contribution in [-0.2, 0) is 7.05 Å². The van der Waals surface area contributed by atoms with Gasteiger partial charge in [-0.15, -0.1) is 12.4 Å². The highest BCUT2D eigenvalue weighted by Gasteiger charge is 2.04. The van der Waals surface area contributed by atoms with Gasteiger partial charge in [0.25, 0.3) is 0 Å². The number of carbonyl (C=O) groups excluding carboxylic acids is 1. The average Bonchev–Trinajstić information content (AvgIpc) is 2.81. The number of aromatic nitrogens is 2. The number of pyridine rings is 1. The highest BCUT2D eigenvalue weighted by Crippen LogP contribution is 2.19. The van der Waals surface area contributed by atoms with Crippen LogP contribution in [0.25, 0.3) is 10.9 Å². The van der Waals surface area contributed by atoms with Gasteiger partial charge in [-0.25, -0.2) is 4.79 Å². The summed E-state index contributed by atoms with van der Waals surface area (Å²) in [4.78, 5) is 15.8. The van der Waals surface area contributed by atoms with Crippen molar-refractivity contribution >= 4 is 40.7 Å². The Labute approximate surface area is 128 Å². The van der Waals surface area contributed by atoms with Crippen molar-refractivity contribution in [2.45, 2.75) is 0 Å². The lowest BCUT2D eigenvalue weighted by Crippen LogP contribution is -2.19. The van der Waals surface area contributed by atoms with Crippen molar-refractivity contribution < 1.29 is 4.79 Å². The molecule has 3 aromatic rings. The third-order valence-electron chi connectivity index (χ3n) is 3.07. The third kappa shape index (κ3) is 3.32. The first-order valence-electron chi connectivity index (χ1n) is 6.25. The highest BCUT2D eigenvalue weighted by atomic mass is 35.5. The van der Waals surface area contributed by atoms with Gasteiger partial charge < -0.3 is 15.2 Å². The lowest BCUT2D eigenvalue weighted by molar-refractivity contribution is 0.262. The van der Waals surface area contributed by atoms with Gasteiger partial charge >= 0.3 is 6.03 Å². The van der Waals surface area contributed by atoms with Crippen LogP contribution in [0, 0.1) is 0 Å². The van der Waals surface area contributed by atoms with E-state index in [1.54, 1.807) is 24.5 Å². The monoisotopic (exact) mass is 302 g/mol. The molecule has 3 rings (SSSR count). The number of halogens is 1. The molecule has 0 saturated heterocycles. The molecular weight excluding hydrogens is 288 g/mol. The highest BCUT2D eigenvalue weighted by molar-refractivity contribution is 6.00. The Morgan fingerprint density at radius 3 is 2.71 bits per heavy atom. The predicted molar refractivity (Wildman–Crippen MR) is 87.0 cm³/mol. The molecule has 0 saturated carbocycles. The van der Waals surface area contributed by atoms with Crippen LogP contribution in [0.5, 0.6) is 0 Å². The summed E-state index contributed by atoms with van der Waals surface area (Å²) >= 11 is 0. The van der Waals surface area contributed by atoms with E-state index in [4.69, 9.17) is 0 Å². The Hall–Kier alpha value is -2.53. The minimum Gasteiger partial charge on any atom is -0.350 e. The zero-order valence-corrected chi connectivity index (χ0v) is 12.2. The summed E-state index contributed by atoms with van der Waals surface area (Å²) in [7, 11) is 1.97. The smallest absolute Gasteiger partial charge is 0.323 e. The molecule has 2 N–H and O–H groups in total. The molecule has 2 aromatic heterocycles. The lowest BCUT2D eigenvalue weighted by atomic mass is 10.2. The number of amides is 2. The van der Waals surface area contributed by atoms with Crippen LogP contribution in [0.1, 0.15) is 0 Å². The number of nitrogens with zero attached hydrogens (tertiary/aromatic N) is 2. The first-order valence-corrected chi connectivity index (χ1v) is 6.25. The van der Waals surface area contributed by atoms with Gasteiger partial charge in [0.15, 0.2) is 0 Å². The standard InChI is InChI=1S/C15H14N4O.ClH/c1-19-8-6-11-4-5-12(9-14(11)19)17-15(20)18-13-3-2-7-16-10-13;/h2-10H,1H3,(H2,17,18,20);1H. The number of hydrogen-bond acceptors (Lipinski definition) is 2. The van der Waals surface area contributed by atoms with Crippen LogP contribution in [0.15, 0.2) is 55.0 Å². The molecule has 0 aliphatic heterocycles. The first-order chi connectivity index (χ1) is 9.72. The summed E-state index contributed by atoms with van der Waals surface area (Å²) in [5.74, 6) is 0. The van der Waals surface area contributed by atoms with Crippen molar-refractivity contribution in [3.8, 4) is 0 Å². The Bertz CT molecular complexity index is 755. The minimum atomic E-state index is -0.286. The van der Waals surface area contributed by atoms with Crippen molar-refractivity contribution in [3.05, 3.63) is 55.0 Å². The van der Waals surface area contributed by atoms with Crippen molar-refractivity contribution in [1.29, 1.82) is 0 Å². The molecule has 5 nitrogen and oxygen atoms in total.